The lowest BCUT2D eigenvalue weighted by Crippen LogP contribution is -2.34. The highest BCUT2D eigenvalue weighted by Crippen LogP contribution is 2.32. The van der Waals surface area contributed by atoms with Gasteiger partial charge < -0.3 is 14.2 Å². The molecular formula is C22H23N3O3. The first kappa shape index (κ1) is 18.2. The Balaban J connectivity index is 1.43. The number of aromatic nitrogens is 2. The summed E-state index contributed by atoms with van der Waals surface area (Å²) in [6, 6.07) is 15.4. The third-order valence-corrected chi connectivity index (χ3v) is 4.99. The number of benzene rings is 2. The van der Waals surface area contributed by atoms with Crippen LogP contribution in [-0.4, -0.2) is 34.1 Å². The van der Waals surface area contributed by atoms with Crippen LogP contribution >= 0.6 is 0 Å². The molecule has 2 heterocycles. The molecule has 1 amide bonds. The molecule has 1 atom stereocenters. The molecule has 3 aromatic rings. The van der Waals surface area contributed by atoms with E-state index in [0.717, 1.165) is 24.0 Å². The average Bonchev–Trinajstić information content (AvgIpc) is 3.37. The number of ether oxygens (including phenoxy) is 1. The SMILES string of the molecule is Cc1ccc(OCC(=O)N2CCCC2c2nc(-c3ccc(C)cc3)no2)cc1. The van der Waals surface area contributed by atoms with Crippen LogP contribution in [0.3, 0.4) is 0 Å². The van der Waals surface area contributed by atoms with Crippen LogP contribution in [-0.2, 0) is 4.79 Å². The lowest BCUT2D eigenvalue weighted by molar-refractivity contribution is -0.134. The van der Waals surface area contributed by atoms with Gasteiger partial charge >= 0.3 is 0 Å². The first-order chi connectivity index (χ1) is 13.6. The Hall–Kier alpha value is -3.15. The topological polar surface area (TPSA) is 68.5 Å². The van der Waals surface area contributed by atoms with Crippen LogP contribution in [0.4, 0.5) is 0 Å². The third kappa shape index (κ3) is 3.91. The van der Waals surface area contributed by atoms with E-state index in [1.54, 1.807) is 4.90 Å². The van der Waals surface area contributed by atoms with E-state index >= 15 is 0 Å². The molecule has 2 aromatic carbocycles. The molecule has 4 rings (SSSR count). The molecule has 6 nitrogen and oxygen atoms in total. The number of nitrogens with zero attached hydrogens (tertiary/aromatic N) is 3. The Morgan fingerprint density at radius 3 is 2.50 bits per heavy atom. The maximum atomic E-state index is 12.7. The lowest BCUT2D eigenvalue weighted by Gasteiger charge is -2.21. The molecule has 0 radical (unpaired) electrons. The summed E-state index contributed by atoms with van der Waals surface area (Å²) in [6.45, 7) is 4.71. The van der Waals surface area contributed by atoms with Gasteiger partial charge in [-0.2, -0.15) is 4.98 Å². The number of carbonyl (C=O) groups is 1. The fourth-order valence-electron chi connectivity index (χ4n) is 3.37. The van der Waals surface area contributed by atoms with E-state index in [9.17, 15) is 4.79 Å². The van der Waals surface area contributed by atoms with E-state index < -0.39 is 0 Å². The molecule has 1 aromatic heterocycles. The molecule has 1 aliphatic heterocycles. The van der Waals surface area contributed by atoms with Gasteiger partial charge in [-0.25, -0.2) is 0 Å². The molecular weight excluding hydrogens is 354 g/mol. The average molecular weight is 377 g/mol. The van der Waals surface area contributed by atoms with Gasteiger partial charge in [0.25, 0.3) is 5.91 Å². The van der Waals surface area contributed by atoms with Crippen LogP contribution < -0.4 is 4.74 Å². The molecule has 6 heteroatoms. The minimum atomic E-state index is -0.194. The van der Waals surface area contributed by atoms with E-state index in [-0.39, 0.29) is 18.6 Å². The second-order valence-corrected chi connectivity index (χ2v) is 7.17. The molecule has 1 unspecified atom stereocenters. The van der Waals surface area contributed by atoms with Crippen molar-refractivity contribution < 1.29 is 14.1 Å². The summed E-state index contributed by atoms with van der Waals surface area (Å²) >= 11 is 0. The zero-order valence-corrected chi connectivity index (χ0v) is 16.1. The first-order valence-electron chi connectivity index (χ1n) is 9.50. The largest absolute Gasteiger partial charge is 0.484 e. The predicted octanol–water partition coefficient (Wildman–Crippen LogP) is 4.10. The Labute approximate surface area is 164 Å². The standard InChI is InChI=1S/C22H23N3O3/c1-15-5-9-17(10-6-15)21-23-22(28-24-21)19-4-3-13-25(19)20(26)14-27-18-11-7-16(2)8-12-18/h5-12,19H,3-4,13-14H2,1-2H3. The minimum absolute atomic E-state index is 0.00147. The minimum Gasteiger partial charge on any atom is -0.484 e. The number of amides is 1. The summed E-state index contributed by atoms with van der Waals surface area (Å²) in [6.07, 6.45) is 1.72. The number of rotatable bonds is 5. The summed E-state index contributed by atoms with van der Waals surface area (Å²) in [5.74, 6) is 1.65. The Morgan fingerprint density at radius 2 is 1.79 bits per heavy atom. The maximum absolute atomic E-state index is 12.7. The molecule has 1 saturated heterocycles. The van der Waals surface area contributed by atoms with Crippen molar-refractivity contribution in [3.63, 3.8) is 0 Å². The molecule has 0 aliphatic carbocycles. The second kappa shape index (κ2) is 7.84. The van der Waals surface area contributed by atoms with Crippen LogP contribution in [0.2, 0.25) is 0 Å². The molecule has 1 aliphatic rings. The van der Waals surface area contributed by atoms with E-state index in [4.69, 9.17) is 9.26 Å². The number of likely N-dealkylation sites (tertiary alicyclic amines) is 1. The monoisotopic (exact) mass is 377 g/mol. The third-order valence-electron chi connectivity index (χ3n) is 4.99. The zero-order chi connectivity index (χ0) is 19.5. The van der Waals surface area contributed by atoms with Gasteiger partial charge in [0.2, 0.25) is 11.7 Å². The van der Waals surface area contributed by atoms with E-state index in [2.05, 4.69) is 10.1 Å². The highest BCUT2D eigenvalue weighted by Gasteiger charge is 2.34. The van der Waals surface area contributed by atoms with Gasteiger partial charge in [-0.15, -0.1) is 0 Å². The molecule has 0 bridgehead atoms. The number of hydrogen-bond donors (Lipinski definition) is 0. The predicted molar refractivity (Wildman–Crippen MR) is 105 cm³/mol. The molecule has 1 fully saturated rings. The molecule has 0 spiro atoms. The summed E-state index contributed by atoms with van der Waals surface area (Å²) in [4.78, 5) is 19.0. The quantitative estimate of drug-likeness (QED) is 0.670. The summed E-state index contributed by atoms with van der Waals surface area (Å²) in [5.41, 5.74) is 3.23. The van der Waals surface area contributed by atoms with Crippen molar-refractivity contribution in [1.29, 1.82) is 0 Å². The van der Waals surface area contributed by atoms with Crippen molar-refractivity contribution in [3.05, 3.63) is 65.5 Å². The van der Waals surface area contributed by atoms with Crippen molar-refractivity contribution >= 4 is 5.91 Å². The van der Waals surface area contributed by atoms with E-state index in [1.165, 1.54) is 5.56 Å². The smallest absolute Gasteiger partial charge is 0.261 e. The Bertz CT molecular complexity index is 948. The van der Waals surface area contributed by atoms with Crippen molar-refractivity contribution in [2.75, 3.05) is 13.2 Å². The summed E-state index contributed by atoms with van der Waals surface area (Å²) in [7, 11) is 0. The van der Waals surface area contributed by atoms with Gasteiger partial charge in [-0.1, -0.05) is 52.7 Å². The number of hydrogen-bond acceptors (Lipinski definition) is 5. The van der Waals surface area contributed by atoms with Gasteiger partial charge in [-0.3, -0.25) is 4.79 Å². The normalized spacial score (nSPS) is 16.4. The van der Waals surface area contributed by atoms with Crippen molar-refractivity contribution in [3.8, 4) is 17.1 Å². The Kier molecular flexibility index (Phi) is 5.10. The van der Waals surface area contributed by atoms with Crippen LogP contribution in [0.15, 0.2) is 53.1 Å². The van der Waals surface area contributed by atoms with Crippen LogP contribution in [0.5, 0.6) is 5.75 Å². The summed E-state index contributed by atoms with van der Waals surface area (Å²) in [5, 5.41) is 4.10. The zero-order valence-electron chi connectivity index (χ0n) is 16.1. The summed E-state index contributed by atoms with van der Waals surface area (Å²) < 4.78 is 11.1. The fourth-order valence-corrected chi connectivity index (χ4v) is 3.37. The van der Waals surface area contributed by atoms with Gasteiger partial charge in [0.15, 0.2) is 6.61 Å². The van der Waals surface area contributed by atoms with Gasteiger partial charge in [0, 0.05) is 12.1 Å². The van der Waals surface area contributed by atoms with Crippen molar-refractivity contribution in [1.82, 2.24) is 15.0 Å². The van der Waals surface area contributed by atoms with E-state index in [1.807, 2.05) is 62.4 Å². The molecule has 28 heavy (non-hydrogen) atoms. The van der Waals surface area contributed by atoms with Crippen molar-refractivity contribution in [2.45, 2.75) is 32.7 Å². The van der Waals surface area contributed by atoms with Gasteiger partial charge in [0.1, 0.15) is 11.8 Å². The van der Waals surface area contributed by atoms with Crippen LogP contribution in [0.1, 0.15) is 35.9 Å². The van der Waals surface area contributed by atoms with E-state index in [0.29, 0.717) is 24.0 Å². The first-order valence-corrected chi connectivity index (χ1v) is 9.50. The fraction of sp³-hybridized carbons (Fsp3) is 0.318. The maximum Gasteiger partial charge on any atom is 0.261 e. The number of aryl methyl sites for hydroxylation is 2. The second-order valence-electron chi connectivity index (χ2n) is 7.17. The highest BCUT2D eigenvalue weighted by molar-refractivity contribution is 5.78. The number of carbonyl (C=O) groups excluding carboxylic acids is 1. The van der Waals surface area contributed by atoms with Crippen LogP contribution in [0, 0.1) is 13.8 Å². The lowest BCUT2D eigenvalue weighted by atomic mass is 10.1. The van der Waals surface area contributed by atoms with Crippen molar-refractivity contribution in [2.24, 2.45) is 0 Å². The van der Waals surface area contributed by atoms with Gasteiger partial charge in [0.05, 0.1) is 0 Å². The molecule has 0 saturated carbocycles. The van der Waals surface area contributed by atoms with Gasteiger partial charge in [-0.05, 0) is 38.8 Å². The Morgan fingerprint density at radius 1 is 1.11 bits per heavy atom. The highest BCUT2D eigenvalue weighted by atomic mass is 16.5. The molecule has 0 N–H and O–H groups in total. The molecule has 144 valence electrons. The van der Waals surface area contributed by atoms with Crippen LogP contribution in [0.25, 0.3) is 11.4 Å².